The number of amides is 1. The molecule has 1 amide bonds. The summed E-state index contributed by atoms with van der Waals surface area (Å²) in [6.07, 6.45) is 4.95. The molecule has 3 N–H and O–H groups in total. The molecule has 0 aliphatic heterocycles. The van der Waals surface area contributed by atoms with E-state index in [1.165, 1.54) is 25.7 Å². The molecule has 0 saturated heterocycles. The number of guanidine groups is 1. The van der Waals surface area contributed by atoms with Crippen molar-refractivity contribution >= 4 is 11.9 Å². The van der Waals surface area contributed by atoms with Crippen molar-refractivity contribution < 1.29 is 4.79 Å². The molecule has 0 radical (unpaired) electrons. The summed E-state index contributed by atoms with van der Waals surface area (Å²) >= 11 is 0. The molecule has 0 rings (SSSR count). The van der Waals surface area contributed by atoms with E-state index < -0.39 is 5.41 Å². The number of aliphatic imine (C=N–C) groups is 1. The number of carbonyl (C=O) groups excluding carboxylic acids is 1. The standard InChI is InChI=1S/C17H36N4O/c1-7-10-11-14(8-2)12-20-16(19-9-3)21-13-17(4,5)15(22)18-6/h14H,7-13H2,1-6H3,(H,18,22)(H2,19,20,21). The number of nitrogens with one attached hydrogen (secondary N) is 3. The Kier molecular flexibility index (Phi) is 10.7. The first-order valence-corrected chi connectivity index (χ1v) is 8.65. The first kappa shape index (κ1) is 20.7. The second-order valence-corrected chi connectivity index (χ2v) is 6.46. The number of hydrogen-bond donors (Lipinski definition) is 3. The van der Waals surface area contributed by atoms with E-state index in [-0.39, 0.29) is 5.91 Å². The van der Waals surface area contributed by atoms with Gasteiger partial charge in [-0.25, -0.2) is 0 Å². The first-order valence-electron chi connectivity index (χ1n) is 8.65. The third-order valence-electron chi connectivity index (χ3n) is 3.92. The highest BCUT2D eigenvalue weighted by Gasteiger charge is 2.26. The van der Waals surface area contributed by atoms with Gasteiger partial charge in [-0.2, -0.15) is 0 Å². The lowest BCUT2D eigenvalue weighted by Crippen LogP contribution is -2.42. The number of hydrogen-bond acceptors (Lipinski definition) is 2. The van der Waals surface area contributed by atoms with Crippen molar-refractivity contribution in [2.45, 2.75) is 60.3 Å². The molecule has 0 aliphatic rings. The maximum Gasteiger partial charge on any atom is 0.227 e. The van der Waals surface area contributed by atoms with Gasteiger partial charge >= 0.3 is 0 Å². The van der Waals surface area contributed by atoms with Crippen molar-refractivity contribution in [1.29, 1.82) is 0 Å². The Hall–Kier alpha value is -1.26. The minimum atomic E-state index is -0.497. The molecule has 0 aromatic carbocycles. The van der Waals surface area contributed by atoms with Crippen molar-refractivity contribution in [3.05, 3.63) is 0 Å². The predicted octanol–water partition coefficient (Wildman–Crippen LogP) is 2.53. The van der Waals surface area contributed by atoms with Crippen LogP contribution >= 0.6 is 0 Å². The Morgan fingerprint density at radius 1 is 1.18 bits per heavy atom. The molecule has 0 spiro atoms. The number of unbranched alkanes of at least 4 members (excludes halogenated alkanes) is 1. The summed E-state index contributed by atoms with van der Waals surface area (Å²) in [7, 11) is 1.66. The maximum absolute atomic E-state index is 11.8. The Morgan fingerprint density at radius 2 is 1.86 bits per heavy atom. The minimum Gasteiger partial charge on any atom is -0.359 e. The molecular weight excluding hydrogens is 276 g/mol. The summed E-state index contributed by atoms with van der Waals surface area (Å²) in [6, 6.07) is 0. The van der Waals surface area contributed by atoms with Crippen molar-refractivity contribution in [3.63, 3.8) is 0 Å². The highest BCUT2D eigenvalue weighted by molar-refractivity contribution is 5.83. The normalized spacial score (nSPS) is 13.6. The van der Waals surface area contributed by atoms with Crippen molar-refractivity contribution in [1.82, 2.24) is 16.0 Å². The molecule has 130 valence electrons. The van der Waals surface area contributed by atoms with E-state index in [1.807, 2.05) is 13.8 Å². The molecule has 0 heterocycles. The van der Waals surface area contributed by atoms with E-state index in [1.54, 1.807) is 7.05 Å². The van der Waals surface area contributed by atoms with Crippen LogP contribution in [0, 0.1) is 11.3 Å². The molecule has 0 aliphatic carbocycles. The lowest BCUT2D eigenvalue weighted by atomic mass is 9.93. The fraction of sp³-hybridized carbons (Fsp3) is 0.882. The molecule has 0 bridgehead atoms. The average molecular weight is 313 g/mol. The van der Waals surface area contributed by atoms with Crippen LogP contribution in [0.2, 0.25) is 0 Å². The van der Waals surface area contributed by atoms with Crippen LogP contribution in [0.25, 0.3) is 0 Å². The Labute approximate surface area is 136 Å². The largest absolute Gasteiger partial charge is 0.359 e. The van der Waals surface area contributed by atoms with E-state index in [0.29, 0.717) is 12.5 Å². The molecule has 0 aromatic heterocycles. The average Bonchev–Trinajstić information content (AvgIpc) is 2.51. The number of nitrogens with zero attached hydrogens (tertiary/aromatic N) is 1. The van der Waals surface area contributed by atoms with E-state index in [0.717, 1.165) is 19.0 Å². The summed E-state index contributed by atoms with van der Waals surface area (Å²) in [5.41, 5.74) is -0.497. The Bertz CT molecular complexity index is 340. The van der Waals surface area contributed by atoms with Gasteiger partial charge in [0, 0.05) is 20.1 Å². The van der Waals surface area contributed by atoms with Gasteiger partial charge in [-0.1, -0.05) is 33.1 Å². The fourth-order valence-electron chi connectivity index (χ4n) is 2.21. The number of rotatable bonds is 10. The van der Waals surface area contributed by atoms with Crippen LogP contribution in [0.4, 0.5) is 0 Å². The molecule has 0 saturated carbocycles. The zero-order valence-corrected chi connectivity index (χ0v) is 15.4. The van der Waals surface area contributed by atoms with E-state index >= 15 is 0 Å². The smallest absolute Gasteiger partial charge is 0.227 e. The molecule has 22 heavy (non-hydrogen) atoms. The van der Waals surface area contributed by atoms with Gasteiger partial charge < -0.3 is 16.0 Å². The topological polar surface area (TPSA) is 65.5 Å². The summed E-state index contributed by atoms with van der Waals surface area (Å²) in [6.45, 7) is 12.6. The molecule has 0 aromatic rings. The summed E-state index contributed by atoms with van der Waals surface area (Å²) in [4.78, 5) is 16.4. The van der Waals surface area contributed by atoms with Crippen LogP contribution in [-0.4, -0.2) is 38.5 Å². The van der Waals surface area contributed by atoms with Crippen LogP contribution in [0.1, 0.15) is 60.3 Å². The first-order chi connectivity index (χ1) is 10.4. The van der Waals surface area contributed by atoms with E-state index in [9.17, 15) is 4.79 Å². The molecule has 1 atom stereocenters. The van der Waals surface area contributed by atoms with Gasteiger partial charge in [0.2, 0.25) is 5.91 Å². The van der Waals surface area contributed by atoms with Crippen LogP contribution < -0.4 is 16.0 Å². The van der Waals surface area contributed by atoms with Gasteiger partial charge in [0.15, 0.2) is 5.96 Å². The van der Waals surface area contributed by atoms with Crippen molar-refractivity contribution in [2.75, 3.05) is 26.7 Å². The Balaban J connectivity index is 4.57. The monoisotopic (exact) mass is 312 g/mol. The van der Waals surface area contributed by atoms with E-state index in [2.05, 4.69) is 41.7 Å². The molecule has 5 heteroatoms. The molecule has 0 fully saturated rings. The van der Waals surface area contributed by atoms with Gasteiger partial charge in [-0.15, -0.1) is 0 Å². The van der Waals surface area contributed by atoms with Crippen LogP contribution in [0.15, 0.2) is 4.99 Å². The molecular formula is C17H36N4O. The second kappa shape index (κ2) is 11.3. The quantitative estimate of drug-likeness (QED) is 0.429. The van der Waals surface area contributed by atoms with Gasteiger partial charge in [-0.05, 0) is 33.1 Å². The highest BCUT2D eigenvalue weighted by Crippen LogP contribution is 2.15. The predicted molar refractivity (Wildman–Crippen MR) is 95.1 cm³/mol. The summed E-state index contributed by atoms with van der Waals surface area (Å²) in [5, 5.41) is 9.37. The van der Waals surface area contributed by atoms with Crippen LogP contribution in [-0.2, 0) is 4.79 Å². The second-order valence-electron chi connectivity index (χ2n) is 6.46. The number of carbonyl (C=O) groups is 1. The van der Waals surface area contributed by atoms with Gasteiger partial charge in [0.05, 0.1) is 12.0 Å². The highest BCUT2D eigenvalue weighted by atomic mass is 16.2. The maximum atomic E-state index is 11.8. The lowest BCUT2D eigenvalue weighted by molar-refractivity contribution is -0.128. The lowest BCUT2D eigenvalue weighted by Gasteiger charge is -2.22. The molecule has 1 unspecified atom stereocenters. The third kappa shape index (κ3) is 8.25. The SMILES string of the molecule is CCCCC(CC)CNC(=NCC(C)(C)C(=O)NC)NCC. The zero-order valence-electron chi connectivity index (χ0n) is 15.4. The van der Waals surface area contributed by atoms with Gasteiger partial charge in [0.1, 0.15) is 0 Å². The van der Waals surface area contributed by atoms with Gasteiger partial charge in [-0.3, -0.25) is 9.79 Å². The summed E-state index contributed by atoms with van der Waals surface area (Å²) in [5.74, 6) is 1.49. The van der Waals surface area contributed by atoms with Crippen molar-refractivity contribution in [2.24, 2.45) is 16.3 Å². The van der Waals surface area contributed by atoms with Crippen LogP contribution in [0.5, 0.6) is 0 Å². The summed E-state index contributed by atoms with van der Waals surface area (Å²) < 4.78 is 0. The third-order valence-corrected chi connectivity index (χ3v) is 3.92. The zero-order chi connectivity index (χ0) is 17.0. The Morgan fingerprint density at radius 3 is 2.36 bits per heavy atom. The van der Waals surface area contributed by atoms with E-state index in [4.69, 9.17) is 0 Å². The molecule has 5 nitrogen and oxygen atoms in total. The van der Waals surface area contributed by atoms with Gasteiger partial charge in [0.25, 0.3) is 0 Å². The minimum absolute atomic E-state index is 0.0153. The van der Waals surface area contributed by atoms with Crippen molar-refractivity contribution in [3.8, 4) is 0 Å². The fourth-order valence-corrected chi connectivity index (χ4v) is 2.21. The van der Waals surface area contributed by atoms with Crippen LogP contribution in [0.3, 0.4) is 0 Å².